The number of carbonyl (C=O) groups is 2. The Labute approximate surface area is 198 Å². The van der Waals surface area contributed by atoms with Gasteiger partial charge in [0.05, 0.1) is 11.4 Å². The van der Waals surface area contributed by atoms with E-state index in [1.807, 2.05) is 30.3 Å². The third kappa shape index (κ3) is 4.65. The topological polar surface area (TPSA) is 80.2 Å². The smallest absolute Gasteiger partial charge is 0.283 e. The quantitative estimate of drug-likeness (QED) is 0.543. The number of thioether (sulfide) groups is 1. The van der Waals surface area contributed by atoms with Crippen LogP contribution in [0.2, 0.25) is 0 Å². The number of hydrogen-bond donors (Lipinski definition) is 1. The molecule has 0 radical (unpaired) electrons. The molecular weight excluding hydrogens is 457 g/mol. The molecule has 5 rings (SSSR count). The molecule has 0 unspecified atom stereocenters. The van der Waals surface area contributed by atoms with Crippen molar-refractivity contribution in [3.8, 4) is 11.5 Å². The zero-order valence-electron chi connectivity index (χ0n) is 17.7. The number of aliphatic imine (C=N–C) groups is 1. The SMILES string of the molecule is O=C(CSC1=NC(=Cc2ccccc2)C(=O)N1c1ccc(F)cc1)Nc1ccc2c(c1)OCO2. The van der Waals surface area contributed by atoms with Gasteiger partial charge in [0.2, 0.25) is 12.7 Å². The van der Waals surface area contributed by atoms with Crippen molar-refractivity contribution in [2.45, 2.75) is 0 Å². The summed E-state index contributed by atoms with van der Waals surface area (Å²) in [6.07, 6.45) is 1.68. The fraction of sp³-hybridized carbons (Fsp3) is 0.0800. The Kier molecular flexibility index (Phi) is 6.01. The molecule has 0 aliphatic carbocycles. The van der Waals surface area contributed by atoms with Gasteiger partial charge in [-0.2, -0.15) is 0 Å². The van der Waals surface area contributed by atoms with E-state index in [1.165, 1.54) is 29.2 Å². The van der Waals surface area contributed by atoms with Crippen LogP contribution in [0, 0.1) is 5.82 Å². The lowest BCUT2D eigenvalue weighted by Crippen LogP contribution is -2.31. The molecule has 170 valence electrons. The Hall–Kier alpha value is -4.11. The summed E-state index contributed by atoms with van der Waals surface area (Å²) < 4.78 is 24.1. The van der Waals surface area contributed by atoms with Gasteiger partial charge in [0.15, 0.2) is 16.7 Å². The molecule has 34 heavy (non-hydrogen) atoms. The van der Waals surface area contributed by atoms with Crippen LogP contribution in [0.3, 0.4) is 0 Å². The Morgan fingerprint density at radius 1 is 1.06 bits per heavy atom. The Balaban J connectivity index is 1.34. The van der Waals surface area contributed by atoms with Crippen molar-refractivity contribution in [2.24, 2.45) is 4.99 Å². The molecular formula is C25H18FN3O4S. The molecule has 0 bridgehead atoms. The first-order chi connectivity index (χ1) is 16.6. The van der Waals surface area contributed by atoms with Gasteiger partial charge in [0.25, 0.3) is 5.91 Å². The van der Waals surface area contributed by atoms with Crippen molar-refractivity contribution in [1.82, 2.24) is 0 Å². The molecule has 3 aromatic carbocycles. The Bertz CT molecular complexity index is 1310. The number of ether oxygens (including phenoxy) is 2. The second-order valence-corrected chi connectivity index (χ2v) is 8.30. The van der Waals surface area contributed by atoms with Crippen molar-refractivity contribution >= 4 is 46.2 Å². The molecule has 0 saturated heterocycles. The summed E-state index contributed by atoms with van der Waals surface area (Å²) in [5.74, 6) is 0.155. The van der Waals surface area contributed by atoms with E-state index >= 15 is 0 Å². The minimum Gasteiger partial charge on any atom is -0.454 e. The van der Waals surface area contributed by atoms with E-state index in [-0.39, 0.29) is 30.1 Å². The lowest BCUT2D eigenvalue weighted by molar-refractivity contribution is -0.114. The highest BCUT2D eigenvalue weighted by molar-refractivity contribution is 8.14. The summed E-state index contributed by atoms with van der Waals surface area (Å²) in [4.78, 5) is 31.6. The van der Waals surface area contributed by atoms with Crippen molar-refractivity contribution in [3.63, 3.8) is 0 Å². The maximum Gasteiger partial charge on any atom is 0.283 e. The van der Waals surface area contributed by atoms with Gasteiger partial charge >= 0.3 is 0 Å². The molecule has 0 spiro atoms. The molecule has 2 aliphatic heterocycles. The molecule has 2 aliphatic rings. The minimum atomic E-state index is -0.412. The first kappa shape index (κ1) is 21.7. The molecule has 0 atom stereocenters. The average molecular weight is 476 g/mol. The normalized spacial score (nSPS) is 15.6. The molecule has 0 fully saturated rings. The first-order valence-corrected chi connectivity index (χ1v) is 11.3. The molecule has 0 aromatic heterocycles. The minimum absolute atomic E-state index is 0.0108. The predicted octanol–water partition coefficient (Wildman–Crippen LogP) is 4.67. The number of amides is 2. The molecule has 2 heterocycles. The van der Waals surface area contributed by atoms with E-state index < -0.39 is 5.82 Å². The van der Waals surface area contributed by atoms with Crippen molar-refractivity contribution < 1.29 is 23.5 Å². The van der Waals surface area contributed by atoms with E-state index in [9.17, 15) is 14.0 Å². The number of nitrogens with zero attached hydrogens (tertiary/aromatic N) is 2. The molecule has 3 aromatic rings. The number of halogens is 1. The molecule has 7 nitrogen and oxygen atoms in total. The number of carbonyl (C=O) groups excluding carboxylic acids is 2. The van der Waals surface area contributed by atoms with Gasteiger partial charge < -0.3 is 14.8 Å². The van der Waals surface area contributed by atoms with Crippen LogP contribution in [0.4, 0.5) is 15.8 Å². The van der Waals surface area contributed by atoms with Crippen LogP contribution in [0.1, 0.15) is 5.56 Å². The molecule has 1 N–H and O–H groups in total. The first-order valence-electron chi connectivity index (χ1n) is 10.3. The highest BCUT2D eigenvalue weighted by atomic mass is 32.2. The summed E-state index contributed by atoms with van der Waals surface area (Å²) in [5, 5.41) is 3.13. The summed E-state index contributed by atoms with van der Waals surface area (Å²) in [6.45, 7) is 0.147. The number of anilines is 2. The largest absolute Gasteiger partial charge is 0.454 e. The fourth-order valence-electron chi connectivity index (χ4n) is 3.42. The highest BCUT2D eigenvalue weighted by Gasteiger charge is 2.32. The maximum absolute atomic E-state index is 13.5. The Morgan fingerprint density at radius 3 is 2.62 bits per heavy atom. The predicted molar refractivity (Wildman–Crippen MR) is 129 cm³/mol. The number of hydrogen-bond acceptors (Lipinski definition) is 6. The van der Waals surface area contributed by atoms with E-state index in [2.05, 4.69) is 10.3 Å². The summed E-state index contributed by atoms with van der Waals surface area (Å²) in [5.41, 5.74) is 2.08. The average Bonchev–Trinajstić information content (AvgIpc) is 3.43. The van der Waals surface area contributed by atoms with Crippen LogP contribution in [-0.2, 0) is 9.59 Å². The van der Waals surface area contributed by atoms with E-state index in [4.69, 9.17) is 9.47 Å². The van der Waals surface area contributed by atoms with Crippen LogP contribution in [0.5, 0.6) is 11.5 Å². The number of fused-ring (bicyclic) bond motifs is 1. The fourth-order valence-corrected chi connectivity index (χ4v) is 4.23. The lowest BCUT2D eigenvalue weighted by atomic mass is 10.2. The van der Waals surface area contributed by atoms with Gasteiger partial charge in [-0.15, -0.1) is 0 Å². The van der Waals surface area contributed by atoms with Gasteiger partial charge in [-0.05, 0) is 48.0 Å². The number of rotatable bonds is 5. The zero-order valence-corrected chi connectivity index (χ0v) is 18.5. The van der Waals surface area contributed by atoms with Gasteiger partial charge in [-0.3, -0.25) is 14.5 Å². The number of benzene rings is 3. The van der Waals surface area contributed by atoms with Crippen LogP contribution < -0.4 is 19.7 Å². The third-order valence-corrected chi connectivity index (χ3v) is 5.94. The van der Waals surface area contributed by atoms with Crippen molar-refractivity contribution in [1.29, 1.82) is 0 Å². The van der Waals surface area contributed by atoms with Crippen LogP contribution in [-0.4, -0.2) is 29.5 Å². The second kappa shape index (κ2) is 9.40. The standard InChI is InChI=1S/C25H18FN3O4S/c26-17-6-9-19(10-7-17)29-24(31)20(12-16-4-2-1-3-5-16)28-25(29)34-14-23(30)27-18-8-11-21-22(13-18)33-15-32-21/h1-13H,14-15H2,(H,27,30). The summed E-state index contributed by atoms with van der Waals surface area (Å²) in [6, 6.07) is 20.0. The monoisotopic (exact) mass is 475 g/mol. The second-order valence-electron chi connectivity index (χ2n) is 7.36. The zero-order chi connectivity index (χ0) is 23.5. The van der Waals surface area contributed by atoms with Crippen LogP contribution in [0.25, 0.3) is 6.08 Å². The van der Waals surface area contributed by atoms with E-state index in [0.29, 0.717) is 28.0 Å². The summed E-state index contributed by atoms with van der Waals surface area (Å²) >= 11 is 1.11. The highest BCUT2D eigenvalue weighted by Crippen LogP contribution is 2.34. The molecule has 0 saturated carbocycles. The number of nitrogens with one attached hydrogen (secondary N) is 1. The van der Waals surface area contributed by atoms with Gasteiger partial charge in [-0.25, -0.2) is 9.38 Å². The Morgan fingerprint density at radius 2 is 1.82 bits per heavy atom. The van der Waals surface area contributed by atoms with Crippen molar-refractivity contribution in [3.05, 3.63) is 89.9 Å². The van der Waals surface area contributed by atoms with E-state index in [1.54, 1.807) is 24.3 Å². The van der Waals surface area contributed by atoms with E-state index in [0.717, 1.165) is 17.3 Å². The van der Waals surface area contributed by atoms with Crippen molar-refractivity contribution in [2.75, 3.05) is 22.8 Å². The summed E-state index contributed by atoms with van der Waals surface area (Å²) in [7, 11) is 0. The number of amidine groups is 1. The maximum atomic E-state index is 13.5. The molecule has 9 heteroatoms. The van der Waals surface area contributed by atoms with Gasteiger partial charge in [-0.1, -0.05) is 42.1 Å². The van der Waals surface area contributed by atoms with Crippen LogP contribution in [0.15, 0.2) is 83.5 Å². The third-order valence-electron chi connectivity index (χ3n) is 5.01. The van der Waals surface area contributed by atoms with Gasteiger partial charge in [0.1, 0.15) is 11.5 Å². The lowest BCUT2D eigenvalue weighted by Gasteiger charge is -2.17. The molecule has 2 amide bonds. The van der Waals surface area contributed by atoms with Gasteiger partial charge in [0, 0.05) is 11.8 Å². The van der Waals surface area contributed by atoms with Crippen LogP contribution >= 0.6 is 11.8 Å².